The molecule has 1 amide bonds. The minimum atomic E-state index is -0.642. The van der Waals surface area contributed by atoms with Gasteiger partial charge >= 0.3 is 0 Å². The normalized spacial score (nSPS) is 10.7. The van der Waals surface area contributed by atoms with Crippen LogP contribution in [0.4, 0.5) is 15.8 Å². The summed E-state index contributed by atoms with van der Waals surface area (Å²) in [7, 11) is 4.02. The number of hydrogen-bond acceptors (Lipinski definition) is 3. The highest BCUT2D eigenvalue weighted by Crippen LogP contribution is 2.21. The van der Waals surface area contributed by atoms with Gasteiger partial charge in [0.25, 0.3) is 5.91 Å². The molecule has 0 aliphatic heterocycles. The summed E-state index contributed by atoms with van der Waals surface area (Å²) in [4.78, 5) is 14.2. The Labute approximate surface area is 140 Å². The first-order valence-corrected chi connectivity index (χ1v) is 7.59. The lowest BCUT2D eigenvalue weighted by Crippen LogP contribution is -2.20. The summed E-state index contributed by atoms with van der Waals surface area (Å²) in [6.45, 7) is 1.74. The van der Waals surface area contributed by atoms with Gasteiger partial charge in [-0.25, -0.2) is 4.39 Å². The first-order chi connectivity index (χ1) is 11.0. The Hall–Kier alpha value is -2.11. The van der Waals surface area contributed by atoms with Gasteiger partial charge in [0.1, 0.15) is 5.82 Å². The highest BCUT2D eigenvalue weighted by molar-refractivity contribution is 6.34. The number of likely N-dealkylation sites (N-methyl/N-ethyl adjacent to an activating group) is 1. The number of halogens is 2. The van der Waals surface area contributed by atoms with E-state index in [1.165, 1.54) is 18.2 Å². The summed E-state index contributed by atoms with van der Waals surface area (Å²) in [5.74, 6) is -1.21. The molecule has 2 rings (SSSR count). The van der Waals surface area contributed by atoms with Gasteiger partial charge in [-0.05, 0) is 50.5 Å². The third-order valence-corrected chi connectivity index (χ3v) is 3.54. The second-order valence-electron chi connectivity index (χ2n) is 5.36. The van der Waals surface area contributed by atoms with E-state index in [9.17, 15) is 9.18 Å². The van der Waals surface area contributed by atoms with E-state index in [1.54, 1.807) is 12.1 Å². The molecule has 122 valence electrons. The molecule has 0 unspecified atom stereocenters. The Morgan fingerprint density at radius 2 is 1.78 bits per heavy atom. The Kier molecular flexibility index (Phi) is 5.96. The zero-order valence-electron chi connectivity index (χ0n) is 13.1. The Morgan fingerprint density at radius 3 is 2.39 bits per heavy atom. The molecule has 2 aromatic carbocycles. The Bertz CT molecular complexity index is 654. The third-order valence-electron chi connectivity index (χ3n) is 3.22. The van der Waals surface area contributed by atoms with E-state index >= 15 is 0 Å². The molecule has 0 saturated heterocycles. The Morgan fingerprint density at radius 1 is 1.13 bits per heavy atom. The summed E-state index contributed by atoms with van der Waals surface area (Å²) >= 11 is 5.88. The molecule has 6 heteroatoms. The van der Waals surface area contributed by atoms with Crippen molar-refractivity contribution in [2.75, 3.05) is 37.8 Å². The highest BCUT2D eigenvalue weighted by Gasteiger charge is 2.15. The maximum Gasteiger partial charge on any atom is 0.260 e. The summed E-state index contributed by atoms with van der Waals surface area (Å²) in [5, 5.41) is 6.00. The van der Waals surface area contributed by atoms with Crippen LogP contribution in [0.25, 0.3) is 0 Å². The lowest BCUT2D eigenvalue weighted by atomic mass is 10.2. The highest BCUT2D eigenvalue weighted by atomic mass is 35.5. The summed E-state index contributed by atoms with van der Waals surface area (Å²) in [6, 6.07) is 11.4. The molecule has 0 atom stereocenters. The summed E-state index contributed by atoms with van der Waals surface area (Å²) in [6.07, 6.45) is 0. The maximum absolute atomic E-state index is 13.7. The van der Waals surface area contributed by atoms with Crippen LogP contribution in [0.2, 0.25) is 5.02 Å². The number of rotatable bonds is 6. The second-order valence-corrected chi connectivity index (χ2v) is 5.77. The number of hydrogen-bond donors (Lipinski definition) is 2. The first-order valence-electron chi connectivity index (χ1n) is 7.21. The number of nitrogens with one attached hydrogen (secondary N) is 2. The standard InChI is InChI=1S/C17H19ClFN3O/c1-22(2)11-10-20-12-6-8-13(9-7-12)21-17(23)16-14(18)4-3-5-15(16)19/h3-9,20H,10-11H2,1-2H3,(H,21,23). The van der Waals surface area contributed by atoms with Crippen LogP contribution in [0.1, 0.15) is 10.4 Å². The van der Waals surface area contributed by atoms with E-state index in [-0.39, 0.29) is 10.6 Å². The van der Waals surface area contributed by atoms with Crippen molar-refractivity contribution >= 4 is 28.9 Å². The van der Waals surface area contributed by atoms with Gasteiger partial charge in [0.15, 0.2) is 0 Å². The molecule has 2 aromatic rings. The third kappa shape index (κ3) is 4.94. The van der Waals surface area contributed by atoms with E-state index in [0.717, 1.165) is 18.8 Å². The van der Waals surface area contributed by atoms with Gasteiger partial charge in [-0.3, -0.25) is 4.79 Å². The van der Waals surface area contributed by atoms with Crippen molar-refractivity contribution in [2.45, 2.75) is 0 Å². The van der Waals surface area contributed by atoms with Crippen molar-refractivity contribution in [1.29, 1.82) is 0 Å². The van der Waals surface area contributed by atoms with E-state index in [0.29, 0.717) is 5.69 Å². The molecular formula is C17H19ClFN3O. The number of nitrogens with zero attached hydrogens (tertiary/aromatic N) is 1. The second kappa shape index (κ2) is 7.94. The van der Waals surface area contributed by atoms with Gasteiger partial charge in [0, 0.05) is 24.5 Å². The number of benzene rings is 2. The minimum absolute atomic E-state index is 0.0875. The van der Waals surface area contributed by atoms with Gasteiger partial charge in [-0.15, -0.1) is 0 Å². The van der Waals surface area contributed by atoms with Gasteiger partial charge in [0.2, 0.25) is 0 Å². The molecule has 0 heterocycles. The molecule has 4 nitrogen and oxygen atoms in total. The van der Waals surface area contributed by atoms with Crippen LogP contribution in [-0.4, -0.2) is 38.0 Å². The van der Waals surface area contributed by atoms with E-state index in [4.69, 9.17) is 11.6 Å². The molecular weight excluding hydrogens is 317 g/mol. The maximum atomic E-state index is 13.7. The quantitative estimate of drug-likeness (QED) is 0.846. The van der Waals surface area contributed by atoms with Crippen LogP contribution in [-0.2, 0) is 0 Å². The zero-order chi connectivity index (χ0) is 16.8. The van der Waals surface area contributed by atoms with Crippen molar-refractivity contribution in [3.63, 3.8) is 0 Å². The molecule has 23 heavy (non-hydrogen) atoms. The molecule has 0 aliphatic rings. The fourth-order valence-electron chi connectivity index (χ4n) is 2.00. The van der Waals surface area contributed by atoms with Crippen LogP contribution < -0.4 is 10.6 Å². The number of carbonyl (C=O) groups is 1. The van der Waals surface area contributed by atoms with E-state index < -0.39 is 11.7 Å². The van der Waals surface area contributed by atoms with Crippen molar-refractivity contribution in [2.24, 2.45) is 0 Å². The fourth-order valence-corrected chi connectivity index (χ4v) is 2.25. The van der Waals surface area contributed by atoms with Crippen LogP contribution in [0.15, 0.2) is 42.5 Å². The predicted octanol–water partition coefficient (Wildman–Crippen LogP) is 3.70. The molecule has 2 N–H and O–H groups in total. The van der Waals surface area contributed by atoms with Gasteiger partial charge < -0.3 is 15.5 Å². The van der Waals surface area contributed by atoms with Crippen molar-refractivity contribution in [3.05, 3.63) is 58.9 Å². The van der Waals surface area contributed by atoms with Gasteiger partial charge in [0.05, 0.1) is 10.6 Å². The molecule has 0 bridgehead atoms. The minimum Gasteiger partial charge on any atom is -0.384 e. The average Bonchev–Trinajstić information content (AvgIpc) is 2.48. The lowest BCUT2D eigenvalue weighted by molar-refractivity contribution is 0.102. The summed E-state index contributed by atoms with van der Waals surface area (Å²) < 4.78 is 13.7. The summed E-state index contributed by atoms with van der Waals surface area (Å²) in [5.41, 5.74) is 1.38. The van der Waals surface area contributed by atoms with Crippen molar-refractivity contribution in [3.8, 4) is 0 Å². The molecule has 0 spiro atoms. The van der Waals surface area contributed by atoms with E-state index in [2.05, 4.69) is 15.5 Å². The van der Waals surface area contributed by atoms with Crippen molar-refractivity contribution in [1.82, 2.24) is 4.90 Å². The number of amides is 1. The molecule has 0 aliphatic carbocycles. The largest absolute Gasteiger partial charge is 0.384 e. The Balaban J connectivity index is 1.99. The van der Waals surface area contributed by atoms with E-state index in [1.807, 2.05) is 26.2 Å². The van der Waals surface area contributed by atoms with Crippen LogP contribution in [0.3, 0.4) is 0 Å². The average molecular weight is 336 g/mol. The fraction of sp³-hybridized carbons (Fsp3) is 0.235. The molecule has 0 saturated carbocycles. The monoisotopic (exact) mass is 335 g/mol. The predicted molar refractivity (Wildman–Crippen MR) is 92.8 cm³/mol. The zero-order valence-corrected chi connectivity index (χ0v) is 13.8. The van der Waals surface area contributed by atoms with Crippen molar-refractivity contribution < 1.29 is 9.18 Å². The smallest absolute Gasteiger partial charge is 0.260 e. The molecule has 0 aromatic heterocycles. The molecule has 0 fully saturated rings. The lowest BCUT2D eigenvalue weighted by Gasteiger charge is -2.12. The molecule has 0 radical (unpaired) electrons. The van der Waals surface area contributed by atoms with Crippen LogP contribution in [0, 0.1) is 5.82 Å². The first kappa shape index (κ1) is 17.2. The topological polar surface area (TPSA) is 44.4 Å². The van der Waals surface area contributed by atoms with Crippen LogP contribution >= 0.6 is 11.6 Å². The van der Waals surface area contributed by atoms with Gasteiger partial charge in [-0.2, -0.15) is 0 Å². The SMILES string of the molecule is CN(C)CCNc1ccc(NC(=O)c2c(F)cccc2Cl)cc1. The number of carbonyl (C=O) groups excluding carboxylic acids is 1. The number of anilines is 2. The van der Waals surface area contributed by atoms with Crippen LogP contribution in [0.5, 0.6) is 0 Å². The van der Waals surface area contributed by atoms with Gasteiger partial charge in [-0.1, -0.05) is 17.7 Å².